The summed E-state index contributed by atoms with van der Waals surface area (Å²) in [5, 5.41) is 15.1. The Morgan fingerprint density at radius 3 is 2.55 bits per heavy atom. The lowest BCUT2D eigenvalue weighted by atomic mass is 9.96. The molecule has 112 valence electrons. The zero-order valence-electron chi connectivity index (χ0n) is 11.6. The molecule has 8 heteroatoms. The number of nitrogens with one attached hydrogen (secondary N) is 1. The number of carboxylic acids is 1. The van der Waals surface area contributed by atoms with Gasteiger partial charge in [0.1, 0.15) is 4.90 Å². The third-order valence-electron chi connectivity index (χ3n) is 3.84. The molecule has 1 aromatic rings. The quantitative estimate of drug-likeness (QED) is 0.870. The largest absolute Gasteiger partial charge is 0.476 e. The number of sulfonamides is 1. The molecular formula is C12H19N3O4S. The van der Waals surface area contributed by atoms with Crippen LogP contribution in [0.3, 0.4) is 0 Å². The Morgan fingerprint density at radius 2 is 2.05 bits per heavy atom. The summed E-state index contributed by atoms with van der Waals surface area (Å²) < 4.78 is 26.5. The molecule has 0 aromatic carbocycles. The fourth-order valence-corrected chi connectivity index (χ4v) is 4.33. The number of H-pyrrole nitrogens is 1. The minimum atomic E-state index is -3.80. The van der Waals surface area contributed by atoms with Crippen LogP contribution in [0.1, 0.15) is 42.4 Å². The molecule has 1 saturated heterocycles. The van der Waals surface area contributed by atoms with Crippen LogP contribution in [0.5, 0.6) is 0 Å². The van der Waals surface area contributed by atoms with Crippen molar-refractivity contribution < 1.29 is 18.3 Å². The van der Waals surface area contributed by atoms with Crippen molar-refractivity contribution in [1.82, 2.24) is 14.5 Å². The molecule has 1 aromatic heterocycles. The Bertz CT molecular complexity index is 600. The van der Waals surface area contributed by atoms with E-state index in [0.717, 1.165) is 19.3 Å². The Labute approximate surface area is 118 Å². The average Bonchev–Trinajstić information content (AvgIpc) is 2.81. The van der Waals surface area contributed by atoms with Crippen molar-refractivity contribution in [2.24, 2.45) is 5.92 Å². The summed E-state index contributed by atoms with van der Waals surface area (Å²) in [6.07, 6.45) is 2.67. The number of carbonyl (C=O) groups is 1. The van der Waals surface area contributed by atoms with Gasteiger partial charge in [-0.2, -0.15) is 9.40 Å². The second kappa shape index (κ2) is 5.53. The predicted molar refractivity (Wildman–Crippen MR) is 72.1 cm³/mol. The molecule has 0 spiro atoms. The van der Waals surface area contributed by atoms with Gasteiger partial charge in [0.15, 0.2) is 5.69 Å². The van der Waals surface area contributed by atoms with E-state index in [0.29, 0.717) is 19.0 Å². The average molecular weight is 301 g/mol. The number of aromatic nitrogens is 2. The van der Waals surface area contributed by atoms with Crippen LogP contribution in [0.25, 0.3) is 0 Å². The molecule has 1 aliphatic rings. The summed E-state index contributed by atoms with van der Waals surface area (Å²) in [6, 6.07) is 0. The van der Waals surface area contributed by atoms with E-state index in [1.54, 1.807) is 0 Å². The first-order chi connectivity index (χ1) is 9.37. The lowest BCUT2D eigenvalue weighted by Gasteiger charge is -2.30. The molecule has 0 aliphatic carbocycles. The van der Waals surface area contributed by atoms with Gasteiger partial charge in [-0.1, -0.05) is 13.3 Å². The standard InChI is InChI=1S/C12H19N3O4S/c1-3-9-4-6-15(7-5-9)20(18,19)11-8(2)13-14-10(11)12(16)17/h9H,3-7H2,1-2H3,(H,13,14)(H,16,17). The fraction of sp³-hybridized carbons (Fsp3) is 0.667. The maximum atomic E-state index is 12.6. The van der Waals surface area contributed by atoms with Crippen LogP contribution in [-0.4, -0.2) is 47.1 Å². The highest BCUT2D eigenvalue weighted by Gasteiger charge is 2.35. The van der Waals surface area contributed by atoms with Crippen LogP contribution in [-0.2, 0) is 10.0 Å². The van der Waals surface area contributed by atoms with Crippen LogP contribution >= 0.6 is 0 Å². The molecule has 2 rings (SSSR count). The molecule has 0 atom stereocenters. The summed E-state index contributed by atoms with van der Waals surface area (Å²) in [5.41, 5.74) is -0.167. The number of piperidine rings is 1. The highest BCUT2D eigenvalue weighted by atomic mass is 32.2. The van der Waals surface area contributed by atoms with Gasteiger partial charge in [-0.25, -0.2) is 13.2 Å². The smallest absolute Gasteiger partial charge is 0.357 e. The molecule has 0 saturated carbocycles. The second-order valence-corrected chi connectivity index (χ2v) is 6.96. The van der Waals surface area contributed by atoms with Crippen LogP contribution in [0, 0.1) is 12.8 Å². The Hall–Kier alpha value is -1.41. The number of aromatic carboxylic acids is 1. The Kier molecular flexibility index (Phi) is 4.14. The van der Waals surface area contributed by atoms with Crippen molar-refractivity contribution in [2.75, 3.05) is 13.1 Å². The SMILES string of the molecule is CCC1CCN(S(=O)(=O)c2c(C(=O)O)n[nH]c2C)CC1. The Morgan fingerprint density at radius 1 is 1.45 bits per heavy atom. The molecule has 0 unspecified atom stereocenters. The number of carboxylic acid groups (broad SMARTS) is 1. The summed E-state index contributed by atoms with van der Waals surface area (Å²) in [6.45, 7) is 4.48. The molecule has 0 radical (unpaired) electrons. The topological polar surface area (TPSA) is 103 Å². The zero-order chi connectivity index (χ0) is 14.9. The molecule has 2 heterocycles. The number of hydrogen-bond donors (Lipinski definition) is 2. The van der Waals surface area contributed by atoms with Gasteiger partial charge in [0.25, 0.3) is 0 Å². The maximum absolute atomic E-state index is 12.6. The lowest BCUT2D eigenvalue weighted by molar-refractivity contribution is 0.0686. The lowest BCUT2D eigenvalue weighted by Crippen LogP contribution is -2.39. The highest BCUT2D eigenvalue weighted by Crippen LogP contribution is 2.27. The third kappa shape index (κ3) is 2.57. The molecule has 2 N–H and O–H groups in total. The van der Waals surface area contributed by atoms with Crippen LogP contribution in [0.2, 0.25) is 0 Å². The van der Waals surface area contributed by atoms with Crippen molar-refractivity contribution in [2.45, 2.75) is 38.0 Å². The van der Waals surface area contributed by atoms with Gasteiger partial charge in [0.2, 0.25) is 10.0 Å². The molecule has 0 amide bonds. The van der Waals surface area contributed by atoms with E-state index in [2.05, 4.69) is 17.1 Å². The minimum Gasteiger partial charge on any atom is -0.476 e. The summed E-state index contributed by atoms with van der Waals surface area (Å²) >= 11 is 0. The number of aryl methyl sites for hydroxylation is 1. The van der Waals surface area contributed by atoms with Crippen molar-refractivity contribution in [3.8, 4) is 0 Å². The number of nitrogens with zero attached hydrogens (tertiary/aromatic N) is 2. The molecule has 1 fully saturated rings. The van der Waals surface area contributed by atoms with Gasteiger partial charge in [-0.3, -0.25) is 5.10 Å². The van der Waals surface area contributed by atoms with Crippen LogP contribution in [0.4, 0.5) is 0 Å². The third-order valence-corrected chi connectivity index (χ3v) is 5.90. The van der Waals surface area contributed by atoms with E-state index < -0.39 is 21.7 Å². The summed E-state index contributed by atoms with van der Waals surface area (Å²) in [4.78, 5) is 10.9. The zero-order valence-corrected chi connectivity index (χ0v) is 12.4. The molecule has 20 heavy (non-hydrogen) atoms. The van der Waals surface area contributed by atoms with Crippen molar-refractivity contribution in [1.29, 1.82) is 0 Å². The molecular weight excluding hydrogens is 282 g/mol. The Balaban J connectivity index is 2.32. The monoisotopic (exact) mass is 301 g/mol. The first-order valence-electron chi connectivity index (χ1n) is 6.66. The molecule has 0 bridgehead atoms. The fourth-order valence-electron chi connectivity index (χ4n) is 2.57. The van der Waals surface area contributed by atoms with E-state index in [4.69, 9.17) is 5.11 Å². The number of aromatic amines is 1. The van der Waals surface area contributed by atoms with Gasteiger partial charge in [-0.05, 0) is 25.7 Å². The number of hydrogen-bond acceptors (Lipinski definition) is 4. The van der Waals surface area contributed by atoms with Crippen molar-refractivity contribution >= 4 is 16.0 Å². The van der Waals surface area contributed by atoms with E-state index in [1.165, 1.54) is 11.2 Å². The summed E-state index contributed by atoms with van der Waals surface area (Å²) in [7, 11) is -3.80. The molecule has 1 aliphatic heterocycles. The van der Waals surface area contributed by atoms with Gasteiger partial charge in [0, 0.05) is 13.1 Å². The minimum absolute atomic E-state index is 0.208. The van der Waals surface area contributed by atoms with E-state index in [-0.39, 0.29) is 10.6 Å². The van der Waals surface area contributed by atoms with Crippen LogP contribution < -0.4 is 0 Å². The summed E-state index contributed by atoms with van der Waals surface area (Å²) in [5.74, 6) is -0.790. The maximum Gasteiger partial charge on any atom is 0.357 e. The highest BCUT2D eigenvalue weighted by molar-refractivity contribution is 7.89. The second-order valence-electron chi connectivity index (χ2n) is 5.09. The van der Waals surface area contributed by atoms with Crippen LogP contribution in [0.15, 0.2) is 4.90 Å². The van der Waals surface area contributed by atoms with Gasteiger partial charge >= 0.3 is 5.97 Å². The van der Waals surface area contributed by atoms with Gasteiger partial charge in [0.05, 0.1) is 5.69 Å². The van der Waals surface area contributed by atoms with Gasteiger partial charge in [-0.15, -0.1) is 0 Å². The number of rotatable bonds is 4. The first-order valence-corrected chi connectivity index (χ1v) is 8.10. The normalized spacial score (nSPS) is 18.3. The van der Waals surface area contributed by atoms with E-state index in [9.17, 15) is 13.2 Å². The first kappa shape index (κ1) is 15.0. The van der Waals surface area contributed by atoms with Gasteiger partial charge < -0.3 is 5.11 Å². The van der Waals surface area contributed by atoms with E-state index >= 15 is 0 Å². The van der Waals surface area contributed by atoms with Crippen molar-refractivity contribution in [3.05, 3.63) is 11.4 Å². The molecule has 7 nitrogen and oxygen atoms in total. The predicted octanol–water partition coefficient (Wildman–Crippen LogP) is 1.23. The van der Waals surface area contributed by atoms with E-state index in [1.807, 2.05) is 0 Å². The van der Waals surface area contributed by atoms with Crippen molar-refractivity contribution in [3.63, 3.8) is 0 Å².